The number of hydrogen-bond acceptors (Lipinski definition) is 5. The number of hydrogen-bond donors (Lipinski definition) is 0. The van der Waals surface area contributed by atoms with Crippen molar-refractivity contribution in [2.24, 2.45) is 0 Å². The number of fused-ring (bicyclic) bond motifs is 1. The van der Waals surface area contributed by atoms with Crippen LogP contribution in [0.2, 0.25) is 0 Å². The Morgan fingerprint density at radius 3 is 2.33 bits per heavy atom. The molecule has 1 aliphatic heterocycles. The number of carbonyl (C=O) groups excluding carboxylic acids is 1. The Morgan fingerprint density at radius 1 is 0.848 bits per heavy atom. The molecule has 0 spiro atoms. The van der Waals surface area contributed by atoms with Crippen molar-refractivity contribution in [2.75, 3.05) is 26.2 Å². The van der Waals surface area contributed by atoms with Crippen molar-refractivity contribution in [2.45, 2.75) is 11.4 Å². The van der Waals surface area contributed by atoms with Crippen molar-refractivity contribution in [3.05, 3.63) is 79.3 Å². The van der Waals surface area contributed by atoms with E-state index in [4.69, 9.17) is 0 Å². The van der Waals surface area contributed by atoms with Gasteiger partial charge in [0.1, 0.15) is 6.54 Å². The lowest BCUT2D eigenvalue weighted by Crippen LogP contribution is -2.51. The quantitative estimate of drug-likeness (QED) is 0.456. The fourth-order valence-corrected chi connectivity index (χ4v) is 5.57. The van der Waals surface area contributed by atoms with E-state index in [-0.39, 0.29) is 30.4 Å². The number of rotatable bonds is 5. The van der Waals surface area contributed by atoms with Crippen molar-refractivity contribution >= 4 is 26.7 Å². The van der Waals surface area contributed by atoms with Crippen LogP contribution in [0, 0.1) is 0 Å². The summed E-state index contributed by atoms with van der Waals surface area (Å²) in [5, 5.41) is 6.17. The molecule has 1 aliphatic rings. The van der Waals surface area contributed by atoms with Crippen LogP contribution in [0.3, 0.4) is 0 Å². The smallest absolute Gasteiger partial charge is 0.244 e. The topological polar surface area (TPSA) is 88.4 Å². The summed E-state index contributed by atoms with van der Waals surface area (Å²) in [7, 11) is -3.62. The van der Waals surface area contributed by atoms with Gasteiger partial charge in [-0.15, -0.1) is 0 Å². The molecule has 33 heavy (non-hydrogen) atoms. The molecular weight excluding hydrogens is 438 g/mol. The monoisotopic (exact) mass is 461 g/mol. The Balaban J connectivity index is 1.25. The van der Waals surface area contributed by atoms with Crippen LogP contribution < -0.4 is 0 Å². The van der Waals surface area contributed by atoms with Gasteiger partial charge in [-0.3, -0.25) is 14.5 Å². The highest BCUT2D eigenvalue weighted by atomic mass is 32.2. The van der Waals surface area contributed by atoms with Crippen molar-refractivity contribution in [3.8, 4) is 11.3 Å². The molecule has 0 saturated carbocycles. The Morgan fingerprint density at radius 2 is 1.58 bits per heavy atom. The molecule has 0 unspecified atom stereocenters. The third kappa shape index (κ3) is 4.24. The molecule has 0 aliphatic carbocycles. The lowest BCUT2D eigenvalue weighted by molar-refractivity contribution is -0.133. The second kappa shape index (κ2) is 8.76. The van der Waals surface area contributed by atoms with Gasteiger partial charge in [-0.1, -0.05) is 30.3 Å². The van der Waals surface area contributed by atoms with E-state index in [9.17, 15) is 13.2 Å². The average molecular weight is 462 g/mol. The normalized spacial score (nSPS) is 15.1. The van der Waals surface area contributed by atoms with E-state index in [1.165, 1.54) is 4.31 Å². The number of aromatic nitrogens is 3. The van der Waals surface area contributed by atoms with Crippen molar-refractivity contribution in [1.29, 1.82) is 0 Å². The zero-order valence-electron chi connectivity index (χ0n) is 17.9. The molecule has 2 aromatic heterocycles. The van der Waals surface area contributed by atoms with Crippen molar-refractivity contribution in [1.82, 2.24) is 24.0 Å². The molecule has 168 valence electrons. The van der Waals surface area contributed by atoms with Gasteiger partial charge in [0.05, 0.1) is 10.6 Å². The highest BCUT2D eigenvalue weighted by Crippen LogP contribution is 2.23. The van der Waals surface area contributed by atoms with Gasteiger partial charge in [0.15, 0.2) is 0 Å². The van der Waals surface area contributed by atoms with Gasteiger partial charge in [-0.05, 0) is 41.1 Å². The summed E-state index contributed by atoms with van der Waals surface area (Å²) in [5.74, 6) is -0.0863. The van der Waals surface area contributed by atoms with Gasteiger partial charge < -0.3 is 4.90 Å². The fourth-order valence-electron chi connectivity index (χ4n) is 4.11. The van der Waals surface area contributed by atoms with Gasteiger partial charge in [0.25, 0.3) is 0 Å². The molecule has 1 amide bonds. The van der Waals surface area contributed by atoms with E-state index >= 15 is 0 Å². The molecule has 1 saturated heterocycles. The zero-order valence-corrected chi connectivity index (χ0v) is 18.7. The first-order valence-electron chi connectivity index (χ1n) is 10.7. The Bertz CT molecular complexity index is 1390. The van der Waals surface area contributed by atoms with Crippen LogP contribution >= 0.6 is 0 Å². The maximum absolute atomic E-state index is 13.2. The van der Waals surface area contributed by atoms with E-state index in [1.807, 2.05) is 48.5 Å². The molecule has 0 bridgehead atoms. The summed E-state index contributed by atoms with van der Waals surface area (Å²) in [5.41, 5.74) is 1.77. The number of amides is 1. The van der Waals surface area contributed by atoms with Gasteiger partial charge >= 0.3 is 0 Å². The van der Waals surface area contributed by atoms with Crippen molar-refractivity contribution < 1.29 is 13.2 Å². The van der Waals surface area contributed by atoms with Crippen LogP contribution in [0.5, 0.6) is 0 Å². The van der Waals surface area contributed by atoms with Crippen LogP contribution in [0.1, 0.15) is 0 Å². The van der Waals surface area contributed by atoms with Crippen LogP contribution in [-0.2, 0) is 21.4 Å². The second-order valence-corrected chi connectivity index (χ2v) is 9.84. The minimum Gasteiger partial charge on any atom is -0.338 e. The maximum atomic E-state index is 13.2. The molecule has 8 nitrogen and oxygen atoms in total. The van der Waals surface area contributed by atoms with Gasteiger partial charge in [-0.25, -0.2) is 8.42 Å². The van der Waals surface area contributed by atoms with Crippen molar-refractivity contribution in [3.63, 3.8) is 0 Å². The first-order chi connectivity index (χ1) is 16.0. The summed E-state index contributed by atoms with van der Waals surface area (Å²) in [6, 6.07) is 18.5. The molecule has 4 aromatic rings. The minimum absolute atomic E-state index is 0.0863. The van der Waals surface area contributed by atoms with E-state index in [2.05, 4.69) is 10.1 Å². The van der Waals surface area contributed by atoms with E-state index < -0.39 is 10.0 Å². The fraction of sp³-hybridized carbons (Fsp3) is 0.208. The summed E-state index contributed by atoms with van der Waals surface area (Å²) >= 11 is 0. The Kier molecular flexibility index (Phi) is 5.65. The number of pyridine rings is 1. The summed E-state index contributed by atoms with van der Waals surface area (Å²) in [6.07, 6.45) is 5.06. The third-order valence-corrected chi connectivity index (χ3v) is 7.82. The summed E-state index contributed by atoms with van der Waals surface area (Å²) in [6.45, 7) is 1.31. The van der Waals surface area contributed by atoms with Crippen LogP contribution in [0.15, 0.2) is 84.1 Å². The number of carbonyl (C=O) groups is 1. The van der Waals surface area contributed by atoms with Gasteiger partial charge in [0, 0.05) is 50.3 Å². The third-order valence-electron chi connectivity index (χ3n) is 5.93. The van der Waals surface area contributed by atoms with E-state index in [1.54, 1.807) is 40.3 Å². The Hall–Kier alpha value is -3.56. The predicted octanol–water partition coefficient (Wildman–Crippen LogP) is 2.63. The number of benzene rings is 2. The van der Waals surface area contributed by atoms with Gasteiger partial charge in [0.2, 0.25) is 15.9 Å². The van der Waals surface area contributed by atoms with Crippen LogP contribution in [-0.4, -0.2) is 64.5 Å². The average Bonchev–Trinajstić information content (AvgIpc) is 3.32. The first-order valence-corrected chi connectivity index (χ1v) is 12.2. The van der Waals surface area contributed by atoms with E-state index in [0.29, 0.717) is 13.1 Å². The highest BCUT2D eigenvalue weighted by molar-refractivity contribution is 7.89. The minimum atomic E-state index is -3.62. The Labute approximate surface area is 192 Å². The molecule has 1 fully saturated rings. The molecule has 5 rings (SSSR count). The maximum Gasteiger partial charge on any atom is 0.244 e. The molecule has 0 atom stereocenters. The predicted molar refractivity (Wildman–Crippen MR) is 125 cm³/mol. The number of nitrogens with zero attached hydrogens (tertiary/aromatic N) is 5. The second-order valence-electron chi connectivity index (χ2n) is 7.90. The summed E-state index contributed by atoms with van der Waals surface area (Å²) in [4.78, 5) is 18.9. The highest BCUT2D eigenvalue weighted by Gasteiger charge is 2.30. The molecule has 9 heteroatoms. The standard InChI is InChI=1S/C24H23N5O3S/c30-24(18-29-23(9-12-26-29)20-7-10-25-11-8-20)27-13-15-28(16-14-27)33(31,32)22-6-5-19-3-1-2-4-21(19)17-22/h1-12,17H,13-16,18H2. The first kappa shape index (κ1) is 21.3. The summed E-state index contributed by atoms with van der Waals surface area (Å²) < 4.78 is 29.5. The van der Waals surface area contributed by atoms with E-state index in [0.717, 1.165) is 22.0 Å². The molecular formula is C24H23N5O3S. The van der Waals surface area contributed by atoms with Gasteiger partial charge in [-0.2, -0.15) is 9.40 Å². The number of sulfonamides is 1. The largest absolute Gasteiger partial charge is 0.338 e. The number of piperazine rings is 1. The zero-order chi connectivity index (χ0) is 22.8. The lowest BCUT2D eigenvalue weighted by atomic mass is 10.1. The molecule has 0 radical (unpaired) electrons. The molecule has 3 heterocycles. The lowest BCUT2D eigenvalue weighted by Gasteiger charge is -2.34. The molecule has 0 N–H and O–H groups in total. The SMILES string of the molecule is O=C(Cn1nccc1-c1ccncc1)N1CCN(S(=O)(=O)c2ccc3ccccc3c2)CC1. The van der Waals surface area contributed by atoms with Crippen LogP contribution in [0.25, 0.3) is 22.0 Å². The molecule has 2 aromatic carbocycles. The van der Waals surface area contributed by atoms with Crippen LogP contribution in [0.4, 0.5) is 0 Å².